The molecule has 1 N–H and O–H groups in total. The highest BCUT2D eigenvalue weighted by molar-refractivity contribution is 7.89. The van der Waals surface area contributed by atoms with Crippen molar-refractivity contribution < 1.29 is 27.4 Å². The molecule has 1 saturated heterocycles. The predicted octanol–water partition coefficient (Wildman–Crippen LogP) is 2.70. The van der Waals surface area contributed by atoms with Crippen molar-refractivity contribution in [1.29, 1.82) is 0 Å². The van der Waals surface area contributed by atoms with Gasteiger partial charge in [0.2, 0.25) is 15.9 Å². The molecule has 0 bridgehead atoms. The quantitative estimate of drug-likeness (QED) is 0.598. The highest BCUT2D eigenvalue weighted by Crippen LogP contribution is 2.31. The summed E-state index contributed by atoms with van der Waals surface area (Å²) in [5.41, 5.74) is 0.483. The van der Waals surface area contributed by atoms with E-state index in [0.717, 1.165) is 0 Å². The van der Waals surface area contributed by atoms with Crippen LogP contribution >= 0.6 is 11.6 Å². The summed E-state index contributed by atoms with van der Waals surface area (Å²) in [6.07, 6.45) is 0. The van der Waals surface area contributed by atoms with Crippen molar-refractivity contribution in [2.75, 3.05) is 52.8 Å². The number of carbonyl (C=O) groups is 1. The third-order valence-corrected chi connectivity index (χ3v) is 7.74. The van der Waals surface area contributed by atoms with Gasteiger partial charge in [-0.05, 0) is 37.3 Å². The third-order valence-electron chi connectivity index (χ3n) is 5.61. The Bertz CT molecular complexity index is 1100. The van der Waals surface area contributed by atoms with Gasteiger partial charge in [-0.1, -0.05) is 11.6 Å². The molecular weight excluding hydrogens is 470 g/mol. The van der Waals surface area contributed by atoms with Gasteiger partial charge in [0.25, 0.3) is 0 Å². The van der Waals surface area contributed by atoms with E-state index in [1.54, 1.807) is 31.2 Å². The first-order valence-corrected chi connectivity index (χ1v) is 12.1. The molecule has 180 valence electrons. The lowest BCUT2D eigenvalue weighted by Gasteiger charge is -2.36. The van der Waals surface area contributed by atoms with Crippen molar-refractivity contribution in [3.63, 3.8) is 0 Å². The van der Waals surface area contributed by atoms with E-state index in [1.165, 1.54) is 37.8 Å². The zero-order chi connectivity index (χ0) is 24.2. The Kier molecular flexibility index (Phi) is 8.06. The van der Waals surface area contributed by atoms with Crippen LogP contribution < -0.4 is 19.5 Å². The largest absolute Gasteiger partial charge is 0.495 e. The first-order valence-electron chi connectivity index (χ1n) is 10.3. The molecule has 2 aromatic carbocycles. The maximum absolute atomic E-state index is 13.1. The Balaban J connectivity index is 1.65. The first kappa shape index (κ1) is 25.1. The van der Waals surface area contributed by atoms with Gasteiger partial charge in [-0.2, -0.15) is 4.31 Å². The smallest absolute Gasteiger partial charge is 0.243 e. The number of sulfonamides is 1. The summed E-state index contributed by atoms with van der Waals surface area (Å²) < 4.78 is 43.3. The van der Waals surface area contributed by atoms with Crippen molar-refractivity contribution in [1.82, 2.24) is 9.21 Å². The molecule has 1 unspecified atom stereocenters. The zero-order valence-corrected chi connectivity index (χ0v) is 20.6. The van der Waals surface area contributed by atoms with E-state index >= 15 is 0 Å². The molecule has 1 aliphatic heterocycles. The van der Waals surface area contributed by atoms with Crippen LogP contribution in [0.4, 0.5) is 5.69 Å². The van der Waals surface area contributed by atoms with E-state index in [0.29, 0.717) is 41.0 Å². The second-order valence-corrected chi connectivity index (χ2v) is 9.84. The molecule has 0 aromatic heterocycles. The topological polar surface area (TPSA) is 97.4 Å². The minimum absolute atomic E-state index is 0.132. The van der Waals surface area contributed by atoms with E-state index in [-0.39, 0.29) is 23.9 Å². The monoisotopic (exact) mass is 497 g/mol. The summed E-state index contributed by atoms with van der Waals surface area (Å²) in [7, 11) is 0.750. The number of methoxy groups -OCH3 is 3. The van der Waals surface area contributed by atoms with Gasteiger partial charge in [0.05, 0.1) is 38.0 Å². The number of hydrogen-bond acceptors (Lipinski definition) is 7. The highest BCUT2D eigenvalue weighted by Gasteiger charge is 2.32. The molecule has 33 heavy (non-hydrogen) atoms. The summed E-state index contributed by atoms with van der Waals surface area (Å²) in [4.78, 5) is 14.9. The average Bonchev–Trinajstić information content (AvgIpc) is 2.83. The van der Waals surface area contributed by atoms with Gasteiger partial charge < -0.3 is 19.5 Å². The standard InChI is InChI=1S/C22H28ClN3O6S/c1-15(22(27)24-18-13-16(23)5-7-19(18)30-2)25-9-11-26(12-10-25)33(28,29)17-6-8-20(31-3)21(14-17)32-4/h5-8,13-15H,9-12H2,1-4H3,(H,24,27). The van der Waals surface area contributed by atoms with Crippen LogP contribution in [-0.2, 0) is 14.8 Å². The second kappa shape index (κ2) is 10.6. The Labute approximate surface area is 199 Å². The summed E-state index contributed by atoms with van der Waals surface area (Å²) >= 11 is 6.04. The van der Waals surface area contributed by atoms with E-state index in [4.69, 9.17) is 25.8 Å². The van der Waals surface area contributed by atoms with E-state index in [9.17, 15) is 13.2 Å². The lowest BCUT2D eigenvalue weighted by Crippen LogP contribution is -2.53. The number of nitrogens with zero attached hydrogens (tertiary/aromatic N) is 2. The van der Waals surface area contributed by atoms with Crippen LogP contribution in [0.5, 0.6) is 17.2 Å². The molecular formula is C22H28ClN3O6S. The van der Waals surface area contributed by atoms with Crippen LogP contribution in [0, 0.1) is 0 Å². The normalized spacial score (nSPS) is 16.2. The number of nitrogens with one attached hydrogen (secondary N) is 1. The number of anilines is 1. The Hall–Kier alpha value is -2.53. The van der Waals surface area contributed by atoms with Crippen LogP contribution in [-0.4, -0.2) is 77.1 Å². The summed E-state index contributed by atoms with van der Waals surface area (Å²) in [5, 5.41) is 3.32. The van der Waals surface area contributed by atoms with Crippen molar-refractivity contribution in [3.8, 4) is 17.2 Å². The fourth-order valence-corrected chi connectivity index (χ4v) is 5.25. The minimum atomic E-state index is -3.71. The molecule has 11 heteroatoms. The van der Waals surface area contributed by atoms with Crippen molar-refractivity contribution in [2.24, 2.45) is 0 Å². The van der Waals surface area contributed by atoms with Gasteiger partial charge in [0.15, 0.2) is 11.5 Å². The van der Waals surface area contributed by atoms with Crippen LogP contribution in [0.25, 0.3) is 0 Å². The SMILES string of the molecule is COc1ccc(Cl)cc1NC(=O)C(C)N1CCN(S(=O)(=O)c2ccc(OC)c(OC)c2)CC1. The fourth-order valence-electron chi connectivity index (χ4n) is 3.64. The lowest BCUT2D eigenvalue weighted by atomic mass is 10.2. The average molecular weight is 498 g/mol. The molecule has 0 radical (unpaired) electrons. The molecule has 1 amide bonds. The van der Waals surface area contributed by atoms with E-state index < -0.39 is 16.1 Å². The van der Waals surface area contributed by atoms with Crippen LogP contribution in [0.2, 0.25) is 5.02 Å². The Morgan fingerprint density at radius 3 is 2.15 bits per heavy atom. The number of carbonyl (C=O) groups excluding carboxylic acids is 1. The second-order valence-electron chi connectivity index (χ2n) is 7.47. The number of rotatable bonds is 8. The molecule has 1 aliphatic rings. The van der Waals surface area contributed by atoms with Gasteiger partial charge in [0.1, 0.15) is 5.75 Å². The van der Waals surface area contributed by atoms with Crippen molar-refractivity contribution in [2.45, 2.75) is 17.9 Å². The summed E-state index contributed by atoms with van der Waals surface area (Å²) in [6.45, 7) is 3.12. The number of benzene rings is 2. The molecule has 9 nitrogen and oxygen atoms in total. The van der Waals surface area contributed by atoms with Gasteiger partial charge >= 0.3 is 0 Å². The number of amides is 1. The van der Waals surface area contributed by atoms with E-state index in [2.05, 4.69) is 5.32 Å². The molecule has 0 saturated carbocycles. The number of halogens is 1. The highest BCUT2D eigenvalue weighted by atomic mass is 35.5. The molecule has 3 rings (SSSR count). The van der Waals surface area contributed by atoms with Crippen molar-refractivity contribution >= 4 is 33.2 Å². The summed E-state index contributed by atoms with van der Waals surface area (Å²) in [5.74, 6) is 1.08. The van der Waals surface area contributed by atoms with Gasteiger partial charge in [-0.3, -0.25) is 9.69 Å². The van der Waals surface area contributed by atoms with E-state index in [1.807, 2.05) is 4.90 Å². The molecule has 0 spiro atoms. The number of ether oxygens (including phenoxy) is 3. The third kappa shape index (κ3) is 5.52. The molecule has 1 atom stereocenters. The van der Waals surface area contributed by atoms with Crippen LogP contribution in [0.1, 0.15) is 6.92 Å². The molecule has 0 aliphatic carbocycles. The van der Waals surface area contributed by atoms with Gasteiger partial charge in [-0.15, -0.1) is 0 Å². The Morgan fingerprint density at radius 2 is 1.55 bits per heavy atom. The van der Waals surface area contributed by atoms with Crippen LogP contribution in [0.15, 0.2) is 41.3 Å². The predicted molar refractivity (Wildman–Crippen MR) is 126 cm³/mol. The Morgan fingerprint density at radius 1 is 0.939 bits per heavy atom. The maximum Gasteiger partial charge on any atom is 0.243 e. The van der Waals surface area contributed by atoms with Gasteiger partial charge in [-0.25, -0.2) is 8.42 Å². The summed E-state index contributed by atoms with van der Waals surface area (Å²) in [6, 6.07) is 9.03. The molecule has 1 fully saturated rings. The van der Waals surface area contributed by atoms with Crippen LogP contribution in [0.3, 0.4) is 0 Å². The van der Waals surface area contributed by atoms with Gasteiger partial charge in [0, 0.05) is 37.3 Å². The molecule has 2 aromatic rings. The van der Waals surface area contributed by atoms with Crippen molar-refractivity contribution in [3.05, 3.63) is 41.4 Å². The zero-order valence-electron chi connectivity index (χ0n) is 19.0. The number of hydrogen-bond donors (Lipinski definition) is 1. The fraction of sp³-hybridized carbons (Fsp3) is 0.409. The lowest BCUT2D eigenvalue weighted by molar-refractivity contribution is -0.121. The molecule has 1 heterocycles. The minimum Gasteiger partial charge on any atom is -0.495 e. The maximum atomic E-state index is 13.1. The number of piperazine rings is 1. The first-order chi connectivity index (χ1) is 15.7.